The quantitative estimate of drug-likeness (QED) is 0.134. The molecule has 0 aromatic heterocycles. The summed E-state index contributed by atoms with van der Waals surface area (Å²) < 4.78 is 0. The standard InChI is InChI=1S/C29H58NO/c1-3-5-6-7-8-9-10-11-12-13-14-15-16-17-18-19-20-21-22-23-24-25-26-27-29(31)30-28-4-2/h2-28H2,1H3,(H,30,31). The molecule has 0 atom stereocenters. The van der Waals surface area contributed by atoms with E-state index in [0.717, 1.165) is 19.4 Å². The second kappa shape index (κ2) is 27.5. The average Bonchev–Trinajstić information content (AvgIpc) is 2.78. The summed E-state index contributed by atoms with van der Waals surface area (Å²) in [5, 5.41) is 2.90. The second-order valence-corrected chi connectivity index (χ2v) is 9.73. The van der Waals surface area contributed by atoms with Gasteiger partial charge in [0.25, 0.3) is 0 Å². The van der Waals surface area contributed by atoms with Crippen LogP contribution in [-0.2, 0) is 4.79 Å². The molecule has 185 valence electrons. The summed E-state index contributed by atoms with van der Waals surface area (Å²) in [5.74, 6) is 0.201. The van der Waals surface area contributed by atoms with Crippen molar-refractivity contribution < 1.29 is 4.79 Å². The van der Waals surface area contributed by atoms with Gasteiger partial charge in [0.1, 0.15) is 0 Å². The van der Waals surface area contributed by atoms with Gasteiger partial charge in [0.05, 0.1) is 0 Å². The Hall–Kier alpha value is -0.530. The van der Waals surface area contributed by atoms with Crippen LogP contribution in [0.1, 0.15) is 167 Å². The Morgan fingerprint density at radius 1 is 0.516 bits per heavy atom. The van der Waals surface area contributed by atoms with Crippen molar-refractivity contribution in [3.05, 3.63) is 6.92 Å². The first-order valence-electron chi connectivity index (χ1n) is 14.4. The van der Waals surface area contributed by atoms with E-state index in [4.69, 9.17) is 0 Å². The van der Waals surface area contributed by atoms with Gasteiger partial charge in [-0.1, -0.05) is 155 Å². The number of carbonyl (C=O) groups excluding carboxylic acids is 1. The number of hydrogen-bond donors (Lipinski definition) is 1. The number of carbonyl (C=O) groups is 1. The normalized spacial score (nSPS) is 11.2. The monoisotopic (exact) mass is 436 g/mol. The van der Waals surface area contributed by atoms with Gasteiger partial charge in [0.15, 0.2) is 0 Å². The number of hydrogen-bond acceptors (Lipinski definition) is 1. The third-order valence-electron chi connectivity index (χ3n) is 6.51. The summed E-state index contributed by atoms with van der Waals surface area (Å²) in [5.41, 5.74) is 0. The molecule has 0 saturated carbocycles. The third-order valence-corrected chi connectivity index (χ3v) is 6.51. The van der Waals surface area contributed by atoms with Crippen LogP contribution in [0.4, 0.5) is 0 Å². The first kappa shape index (κ1) is 30.5. The fraction of sp³-hybridized carbons (Fsp3) is 0.931. The average molecular weight is 437 g/mol. The summed E-state index contributed by atoms with van der Waals surface area (Å²) in [6, 6.07) is 0. The number of unbranched alkanes of at least 4 members (excludes halogenated alkanes) is 22. The minimum atomic E-state index is 0.201. The van der Waals surface area contributed by atoms with Gasteiger partial charge in [-0.05, 0) is 12.8 Å². The van der Waals surface area contributed by atoms with E-state index in [9.17, 15) is 4.79 Å². The maximum atomic E-state index is 11.5. The van der Waals surface area contributed by atoms with Gasteiger partial charge in [-0.2, -0.15) is 0 Å². The Labute approximate surface area is 197 Å². The Kier molecular flexibility index (Phi) is 27.0. The van der Waals surface area contributed by atoms with Crippen LogP contribution < -0.4 is 5.32 Å². The highest BCUT2D eigenvalue weighted by atomic mass is 16.1. The fourth-order valence-electron chi connectivity index (χ4n) is 4.39. The van der Waals surface area contributed by atoms with Gasteiger partial charge in [0.2, 0.25) is 5.91 Å². The van der Waals surface area contributed by atoms with Gasteiger partial charge in [-0.25, -0.2) is 0 Å². The highest BCUT2D eigenvalue weighted by molar-refractivity contribution is 5.75. The Morgan fingerprint density at radius 3 is 1.10 bits per heavy atom. The van der Waals surface area contributed by atoms with Crippen molar-refractivity contribution in [3.63, 3.8) is 0 Å². The first-order chi connectivity index (χ1) is 15.3. The van der Waals surface area contributed by atoms with Crippen LogP contribution in [0.2, 0.25) is 0 Å². The largest absolute Gasteiger partial charge is 0.356 e. The summed E-state index contributed by atoms with van der Waals surface area (Å²) >= 11 is 0. The van der Waals surface area contributed by atoms with Crippen molar-refractivity contribution in [2.45, 2.75) is 167 Å². The molecule has 0 unspecified atom stereocenters. The molecule has 0 rings (SSSR count). The lowest BCUT2D eigenvalue weighted by atomic mass is 10.0. The first-order valence-corrected chi connectivity index (χ1v) is 14.4. The van der Waals surface area contributed by atoms with E-state index in [0.29, 0.717) is 6.42 Å². The smallest absolute Gasteiger partial charge is 0.219 e. The molecular formula is C29H58NO. The molecule has 0 aromatic carbocycles. The van der Waals surface area contributed by atoms with E-state index in [1.807, 2.05) is 0 Å². The predicted octanol–water partition coefficient (Wildman–Crippen LogP) is 9.71. The molecule has 0 saturated heterocycles. The van der Waals surface area contributed by atoms with Gasteiger partial charge in [0, 0.05) is 13.0 Å². The second-order valence-electron chi connectivity index (χ2n) is 9.73. The molecule has 0 bridgehead atoms. The van der Waals surface area contributed by atoms with Crippen molar-refractivity contribution in [1.82, 2.24) is 5.32 Å². The molecule has 0 aliphatic carbocycles. The van der Waals surface area contributed by atoms with E-state index >= 15 is 0 Å². The van der Waals surface area contributed by atoms with E-state index in [1.165, 1.54) is 141 Å². The number of amides is 1. The number of rotatable bonds is 26. The molecule has 1 radical (unpaired) electrons. The van der Waals surface area contributed by atoms with Crippen molar-refractivity contribution in [3.8, 4) is 0 Å². The van der Waals surface area contributed by atoms with E-state index in [2.05, 4.69) is 19.2 Å². The molecule has 0 aliphatic rings. The molecular weight excluding hydrogens is 378 g/mol. The predicted molar refractivity (Wildman–Crippen MR) is 139 cm³/mol. The molecule has 0 heterocycles. The SMILES string of the molecule is [CH2]CCNC(=O)CCCCCCCCCCCCCCCCCCCCCCCCC. The Balaban J connectivity index is 3.04. The third kappa shape index (κ3) is 27.4. The molecule has 0 aliphatic heterocycles. The van der Waals surface area contributed by atoms with Gasteiger partial charge in [-0.3, -0.25) is 4.79 Å². The van der Waals surface area contributed by atoms with Gasteiger partial charge >= 0.3 is 0 Å². The summed E-state index contributed by atoms with van der Waals surface area (Å²) in [7, 11) is 0. The van der Waals surface area contributed by atoms with E-state index < -0.39 is 0 Å². The highest BCUT2D eigenvalue weighted by Crippen LogP contribution is 2.15. The summed E-state index contributed by atoms with van der Waals surface area (Å²) in [4.78, 5) is 11.5. The van der Waals surface area contributed by atoms with Crippen molar-refractivity contribution in [2.75, 3.05) is 6.54 Å². The Bertz CT molecular complexity index is 342. The van der Waals surface area contributed by atoms with Crippen molar-refractivity contribution >= 4 is 5.91 Å². The zero-order valence-corrected chi connectivity index (χ0v) is 21.5. The minimum Gasteiger partial charge on any atom is -0.356 e. The van der Waals surface area contributed by atoms with Crippen LogP contribution >= 0.6 is 0 Å². The maximum Gasteiger partial charge on any atom is 0.219 e. The summed E-state index contributed by atoms with van der Waals surface area (Å²) in [6.45, 7) is 6.75. The molecule has 0 spiro atoms. The lowest BCUT2D eigenvalue weighted by Crippen LogP contribution is -2.23. The van der Waals surface area contributed by atoms with Crippen molar-refractivity contribution in [1.29, 1.82) is 0 Å². The molecule has 1 amide bonds. The molecule has 0 aromatic rings. The molecule has 1 N–H and O–H groups in total. The molecule has 2 heteroatoms. The van der Waals surface area contributed by atoms with E-state index in [-0.39, 0.29) is 5.91 Å². The van der Waals surface area contributed by atoms with E-state index in [1.54, 1.807) is 0 Å². The zero-order chi connectivity index (χ0) is 22.7. The van der Waals surface area contributed by atoms with Crippen LogP contribution in [0.5, 0.6) is 0 Å². The minimum absolute atomic E-state index is 0.201. The molecule has 0 fully saturated rings. The topological polar surface area (TPSA) is 29.1 Å². The zero-order valence-electron chi connectivity index (χ0n) is 21.5. The Morgan fingerprint density at radius 2 is 0.806 bits per heavy atom. The lowest BCUT2D eigenvalue weighted by molar-refractivity contribution is -0.121. The highest BCUT2D eigenvalue weighted by Gasteiger charge is 1.99. The van der Waals surface area contributed by atoms with Crippen LogP contribution in [0.25, 0.3) is 0 Å². The maximum absolute atomic E-state index is 11.5. The van der Waals surface area contributed by atoms with Crippen molar-refractivity contribution in [2.24, 2.45) is 0 Å². The molecule has 2 nitrogen and oxygen atoms in total. The van der Waals surface area contributed by atoms with Gasteiger partial charge < -0.3 is 5.32 Å². The fourth-order valence-corrected chi connectivity index (χ4v) is 4.39. The van der Waals surface area contributed by atoms with Gasteiger partial charge in [-0.15, -0.1) is 0 Å². The van der Waals surface area contributed by atoms with Crippen LogP contribution in [0.3, 0.4) is 0 Å². The molecule has 31 heavy (non-hydrogen) atoms. The lowest BCUT2D eigenvalue weighted by Gasteiger charge is -2.05. The van der Waals surface area contributed by atoms with Crippen LogP contribution in [0, 0.1) is 6.92 Å². The number of nitrogens with one attached hydrogen (secondary N) is 1. The summed E-state index contributed by atoms with van der Waals surface area (Å²) in [6.07, 6.45) is 33.8. The van der Waals surface area contributed by atoms with Crippen LogP contribution in [-0.4, -0.2) is 12.5 Å². The van der Waals surface area contributed by atoms with Crippen LogP contribution in [0.15, 0.2) is 0 Å².